The average Bonchev–Trinajstić information content (AvgIpc) is 2.53. The lowest BCUT2D eigenvalue weighted by atomic mass is 10.0. The molecule has 1 amide bonds. The Morgan fingerprint density at radius 3 is 2.62 bits per heavy atom. The summed E-state index contributed by atoms with van der Waals surface area (Å²) in [6.07, 6.45) is 3.32. The Labute approximate surface area is 144 Å². The Balaban J connectivity index is 1.83. The van der Waals surface area contributed by atoms with Crippen LogP contribution in [-0.2, 0) is 11.3 Å². The molecule has 134 valence electrons. The van der Waals surface area contributed by atoms with Crippen LogP contribution in [0.15, 0.2) is 12.3 Å². The molecule has 1 saturated heterocycles. The first kappa shape index (κ1) is 18.4. The molecule has 2 heterocycles. The average molecular weight is 336 g/mol. The van der Waals surface area contributed by atoms with E-state index in [1.165, 1.54) is 0 Å². The van der Waals surface area contributed by atoms with Crippen molar-refractivity contribution in [3.8, 4) is 6.01 Å². The Bertz CT molecular complexity index is 551. The van der Waals surface area contributed by atoms with Gasteiger partial charge in [-0.05, 0) is 39.7 Å². The number of rotatable bonds is 4. The summed E-state index contributed by atoms with van der Waals surface area (Å²) in [6.45, 7) is 8.27. The van der Waals surface area contributed by atoms with Crippen molar-refractivity contribution in [1.29, 1.82) is 0 Å². The van der Waals surface area contributed by atoms with Crippen LogP contribution in [0.3, 0.4) is 0 Å². The van der Waals surface area contributed by atoms with Gasteiger partial charge in [-0.1, -0.05) is 0 Å². The standard InChI is InChI=1S/C17H28N4O3/c1-17(2,3)24-16(22)20(4)14-7-10-21(11-8-14)12-13-6-9-18-15(19-13)23-5/h6,9,14H,7-8,10-12H2,1-5H3. The van der Waals surface area contributed by atoms with E-state index in [-0.39, 0.29) is 12.1 Å². The molecular formula is C17H28N4O3. The lowest BCUT2D eigenvalue weighted by Gasteiger charge is -2.37. The van der Waals surface area contributed by atoms with Crippen LogP contribution in [0, 0.1) is 0 Å². The molecule has 0 saturated carbocycles. The van der Waals surface area contributed by atoms with E-state index in [1.54, 1.807) is 18.2 Å². The fourth-order valence-corrected chi connectivity index (χ4v) is 2.74. The molecule has 0 N–H and O–H groups in total. The van der Waals surface area contributed by atoms with Gasteiger partial charge in [-0.2, -0.15) is 4.98 Å². The molecule has 0 radical (unpaired) electrons. The predicted molar refractivity (Wildman–Crippen MR) is 90.9 cm³/mol. The zero-order valence-corrected chi connectivity index (χ0v) is 15.3. The topological polar surface area (TPSA) is 67.8 Å². The van der Waals surface area contributed by atoms with E-state index in [9.17, 15) is 4.79 Å². The number of nitrogens with zero attached hydrogens (tertiary/aromatic N) is 4. The van der Waals surface area contributed by atoms with Gasteiger partial charge in [0.15, 0.2) is 0 Å². The number of methoxy groups -OCH3 is 1. The largest absolute Gasteiger partial charge is 0.467 e. The second-order valence-electron chi connectivity index (χ2n) is 7.13. The van der Waals surface area contributed by atoms with Gasteiger partial charge in [0, 0.05) is 38.9 Å². The first-order valence-corrected chi connectivity index (χ1v) is 8.32. The van der Waals surface area contributed by atoms with E-state index >= 15 is 0 Å². The number of amides is 1. The Morgan fingerprint density at radius 1 is 1.38 bits per heavy atom. The number of carbonyl (C=O) groups excluding carboxylic acids is 1. The summed E-state index contributed by atoms with van der Waals surface area (Å²) >= 11 is 0. The van der Waals surface area contributed by atoms with Crippen molar-refractivity contribution in [1.82, 2.24) is 19.8 Å². The molecule has 0 aromatic carbocycles. The molecular weight excluding hydrogens is 308 g/mol. The third-order valence-electron chi connectivity index (χ3n) is 4.05. The summed E-state index contributed by atoms with van der Waals surface area (Å²) in [6, 6.07) is 2.52. The van der Waals surface area contributed by atoms with Crippen LogP contribution in [0.25, 0.3) is 0 Å². The number of hydrogen-bond acceptors (Lipinski definition) is 6. The number of aromatic nitrogens is 2. The minimum absolute atomic E-state index is 0.219. The molecule has 1 aromatic rings. The van der Waals surface area contributed by atoms with Gasteiger partial charge in [0.1, 0.15) is 5.60 Å². The highest BCUT2D eigenvalue weighted by Gasteiger charge is 2.28. The molecule has 1 aromatic heterocycles. The Kier molecular flexibility index (Phi) is 5.99. The first-order valence-electron chi connectivity index (χ1n) is 8.32. The molecule has 1 aliphatic heterocycles. The van der Waals surface area contributed by atoms with Crippen molar-refractivity contribution in [2.24, 2.45) is 0 Å². The first-order chi connectivity index (χ1) is 11.3. The van der Waals surface area contributed by atoms with Gasteiger partial charge in [-0.3, -0.25) is 4.90 Å². The summed E-state index contributed by atoms with van der Waals surface area (Å²) in [5.74, 6) is 0. The maximum atomic E-state index is 12.2. The van der Waals surface area contributed by atoms with Crippen molar-refractivity contribution in [2.45, 2.75) is 51.8 Å². The number of piperidine rings is 1. The molecule has 24 heavy (non-hydrogen) atoms. The van der Waals surface area contributed by atoms with Gasteiger partial charge in [-0.25, -0.2) is 9.78 Å². The van der Waals surface area contributed by atoms with E-state index in [0.29, 0.717) is 6.01 Å². The smallest absolute Gasteiger partial charge is 0.410 e. The van der Waals surface area contributed by atoms with Crippen molar-refractivity contribution in [2.75, 3.05) is 27.2 Å². The predicted octanol–water partition coefficient (Wildman–Crippen LogP) is 2.32. The molecule has 0 unspecified atom stereocenters. The van der Waals surface area contributed by atoms with Crippen LogP contribution in [0.2, 0.25) is 0 Å². The normalized spacial score (nSPS) is 16.7. The van der Waals surface area contributed by atoms with Crippen molar-refractivity contribution >= 4 is 6.09 Å². The van der Waals surface area contributed by atoms with E-state index in [0.717, 1.165) is 38.2 Å². The van der Waals surface area contributed by atoms with Gasteiger partial charge in [-0.15, -0.1) is 0 Å². The van der Waals surface area contributed by atoms with Crippen LogP contribution < -0.4 is 4.74 Å². The van der Waals surface area contributed by atoms with Crippen molar-refractivity contribution in [3.05, 3.63) is 18.0 Å². The van der Waals surface area contributed by atoms with Gasteiger partial charge in [0.05, 0.1) is 12.8 Å². The van der Waals surface area contributed by atoms with Crippen LogP contribution in [0.1, 0.15) is 39.3 Å². The van der Waals surface area contributed by atoms with E-state index in [2.05, 4.69) is 14.9 Å². The fraction of sp³-hybridized carbons (Fsp3) is 0.706. The minimum Gasteiger partial charge on any atom is -0.467 e. The third-order valence-corrected chi connectivity index (χ3v) is 4.05. The molecule has 0 aliphatic carbocycles. The lowest BCUT2D eigenvalue weighted by molar-refractivity contribution is 0.0148. The van der Waals surface area contributed by atoms with Gasteiger partial charge in [0.2, 0.25) is 0 Å². The van der Waals surface area contributed by atoms with Crippen LogP contribution in [0.4, 0.5) is 4.79 Å². The molecule has 7 nitrogen and oxygen atoms in total. The second kappa shape index (κ2) is 7.79. The Hall–Kier alpha value is -1.89. The van der Waals surface area contributed by atoms with Gasteiger partial charge >= 0.3 is 12.1 Å². The van der Waals surface area contributed by atoms with Crippen molar-refractivity contribution < 1.29 is 14.3 Å². The highest BCUT2D eigenvalue weighted by molar-refractivity contribution is 5.68. The minimum atomic E-state index is -0.460. The summed E-state index contributed by atoms with van der Waals surface area (Å²) in [5.41, 5.74) is 0.485. The maximum absolute atomic E-state index is 12.2. The van der Waals surface area contributed by atoms with Crippen LogP contribution in [0.5, 0.6) is 6.01 Å². The van der Waals surface area contributed by atoms with Crippen LogP contribution in [-0.4, -0.2) is 64.8 Å². The number of likely N-dealkylation sites (tertiary alicyclic amines) is 1. The summed E-state index contributed by atoms with van der Waals surface area (Å²) in [5, 5.41) is 0. The molecule has 0 bridgehead atoms. The molecule has 1 fully saturated rings. The molecule has 0 atom stereocenters. The van der Waals surface area contributed by atoms with Crippen molar-refractivity contribution in [3.63, 3.8) is 0 Å². The SMILES string of the molecule is COc1nccc(CN2CCC(N(C)C(=O)OC(C)(C)C)CC2)n1. The summed E-state index contributed by atoms with van der Waals surface area (Å²) < 4.78 is 10.5. The second-order valence-corrected chi connectivity index (χ2v) is 7.13. The third kappa shape index (κ3) is 5.33. The zero-order chi connectivity index (χ0) is 17.7. The van der Waals surface area contributed by atoms with E-state index in [1.807, 2.05) is 33.9 Å². The monoisotopic (exact) mass is 336 g/mol. The highest BCUT2D eigenvalue weighted by atomic mass is 16.6. The summed E-state index contributed by atoms with van der Waals surface area (Å²) in [7, 11) is 3.39. The quantitative estimate of drug-likeness (QED) is 0.840. The molecule has 2 rings (SSSR count). The van der Waals surface area contributed by atoms with Gasteiger partial charge < -0.3 is 14.4 Å². The summed E-state index contributed by atoms with van der Waals surface area (Å²) in [4.78, 5) is 24.6. The number of hydrogen-bond donors (Lipinski definition) is 0. The maximum Gasteiger partial charge on any atom is 0.410 e. The zero-order valence-electron chi connectivity index (χ0n) is 15.3. The van der Waals surface area contributed by atoms with E-state index in [4.69, 9.17) is 9.47 Å². The number of carbonyl (C=O) groups is 1. The highest BCUT2D eigenvalue weighted by Crippen LogP contribution is 2.19. The fourth-order valence-electron chi connectivity index (χ4n) is 2.74. The van der Waals surface area contributed by atoms with Crippen LogP contribution >= 0.6 is 0 Å². The Morgan fingerprint density at radius 2 is 2.04 bits per heavy atom. The van der Waals surface area contributed by atoms with E-state index < -0.39 is 5.60 Å². The molecule has 1 aliphatic rings. The molecule has 7 heteroatoms. The lowest BCUT2D eigenvalue weighted by Crippen LogP contribution is -2.46. The number of ether oxygens (including phenoxy) is 2. The van der Waals surface area contributed by atoms with Gasteiger partial charge in [0.25, 0.3) is 0 Å². The molecule has 0 spiro atoms.